The van der Waals surface area contributed by atoms with Crippen LogP contribution in [0.1, 0.15) is 49.4 Å². The van der Waals surface area contributed by atoms with E-state index in [9.17, 15) is 9.18 Å². The van der Waals surface area contributed by atoms with Crippen LogP contribution in [0.3, 0.4) is 0 Å². The molecule has 1 aliphatic carbocycles. The van der Waals surface area contributed by atoms with Gasteiger partial charge in [0, 0.05) is 6.04 Å². The molecule has 19 heavy (non-hydrogen) atoms. The number of rotatable bonds is 3. The number of para-hydroxylation sites is 1. The van der Waals surface area contributed by atoms with Gasteiger partial charge in [-0.1, -0.05) is 32.3 Å². The number of benzene rings is 1. The van der Waals surface area contributed by atoms with Gasteiger partial charge in [0.2, 0.25) is 0 Å². The van der Waals surface area contributed by atoms with Crippen molar-refractivity contribution in [3.63, 3.8) is 0 Å². The first-order valence-corrected chi connectivity index (χ1v) is 6.88. The van der Waals surface area contributed by atoms with Crippen LogP contribution in [0, 0.1) is 11.7 Å². The Bertz CT molecular complexity index is 461. The maximum Gasteiger partial charge on any atom is 0.337 e. The highest BCUT2D eigenvalue weighted by Gasteiger charge is 2.23. The summed E-state index contributed by atoms with van der Waals surface area (Å²) in [6.07, 6.45) is 5.58. The van der Waals surface area contributed by atoms with E-state index in [1.165, 1.54) is 31.0 Å². The Morgan fingerprint density at radius 2 is 2.05 bits per heavy atom. The molecule has 4 heteroatoms. The molecule has 0 bridgehead atoms. The summed E-state index contributed by atoms with van der Waals surface area (Å²) in [4.78, 5) is 11.2. The van der Waals surface area contributed by atoms with Crippen LogP contribution in [-0.4, -0.2) is 17.1 Å². The molecule has 2 rings (SSSR count). The molecule has 1 saturated carbocycles. The van der Waals surface area contributed by atoms with Crippen LogP contribution in [-0.2, 0) is 0 Å². The van der Waals surface area contributed by atoms with Crippen LogP contribution in [0.2, 0.25) is 0 Å². The van der Waals surface area contributed by atoms with Gasteiger partial charge in [0.05, 0.1) is 11.3 Å². The van der Waals surface area contributed by atoms with Gasteiger partial charge >= 0.3 is 5.97 Å². The number of halogens is 1. The molecule has 0 spiro atoms. The van der Waals surface area contributed by atoms with Crippen molar-refractivity contribution in [1.82, 2.24) is 0 Å². The minimum Gasteiger partial charge on any atom is -0.478 e. The molecule has 2 atom stereocenters. The third kappa shape index (κ3) is 3.25. The summed E-state index contributed by atoms with van der Waals surface area (Å²) in [5.74, 6) is -1.15. The zero-order valence-electron chi connectivity index (χ0n) is 11.2. The number of anilines is 1. The molecular formula is C15H20FNO2. The summed E-state index contributed by atoms with van der Waals surface area (Å²) in [6, 6.07) is 4.32. The Morgan fingerprint density at radius 1 is 1.32 bits per heavy atom. The first kappa shape index (κ1) is 13.8. The summed E-state index contributed by atoms with van der Waals surface area (Å²) in [6.45, 7) is 2.14. The third-order valence-corrected chi connectivity index (χ3v) is 3.94. The molecule has 0 aromatic heterocycles. The summed E-state index contributed by atoms with van der Waals surface area (Å²) < 4.78 is 13.9. The second-order valence-corrected chi connectivity index (χ2v) is 5.33. The van der Waals surface area contributed by atoms with Gasteiger partial charge in [0.15, 0.2) is 0 Å². The fraction of sp³-hybridized carbons (Fsp3) is 0.533. The number of hydrogen-bond donors (Lipinski definition) is 2. The van der Waals surface area contributed by atoms with Gasteiger partial charge in [-0.15, -0.1) is 0 Å². The predicted octanol–water partition coefficient (Wildman–Crippen LogP) is 3.90. The van der Waals surface area contributed by atoms with Crippen LogP contribution >= 0.6 is 0 Å². The van der Waals surface area contributed by atoms with Crippen LogP contribution in [0.4, 0.5) is 10.1 Å². The van der Waals surface area contributed by atoms with Crippen molar-refractivity contribution >= 4 is 11.7 Å². The van der Waals surface area contributed by atoms with E-state index in [-0.39, 0.29) is 17.3 Å². The van der Waals surface area contributed by atoms with E-state index < -0.39 is 11.8 Å². The number of carbonyl (C=O) groups is 1. The Labute approximate surface area is 112 Å². The van der Waals surface area contributed by atoms with Crippen molar-refractivity contribution in [3.05, 3.63) is 29.6 Å². The summed E-state index contributed by atoms with van der Waals surface area (Å²) in [5.41, 5.74) is 0.144. The summed E-state index contributed by atoms with van der Waals surface area (Å²) in [5, 5.41) is 12.3. The molecule has 0 radical (unpaired) electrons. The van der Waals surface area contributed by atoms with E-state index >= 15 is 0 Å². The predicted molar refractivity (Wildman–Crippen MR) is 73.0 cm³/mol. The average molecular weight is 265 g/mol. The van der Waals surface area contributed by atoms with Gasteiger partial charge in [-0.2, -0.15) is 0 Å². The normalized spacial score (nSPS) is 23.7. The summed E-state index contributed by atoms with van der Waals surface area (Å²) in [7, 11) is 0. The first-order valence-electron chi connectivity index (χ1n) is 6.88. The van der Waals surface area contributed by atoms with Crippen molar-refractivity contribution in [1.29, 1.82) is 0 Å². The molecule has 0 amide bonds. The van der Waals surface area contributed by atoms with E-state index in [0.29, 0.717) is 5.92 Å². The smallest absolute Gasteiger partial charge is 0.337 e. The molecule has 1 fully saturated rings. The molecule has 104 valence electrons. The Hall–Kier alpha value is -1.58. The molecule has 3 nitrogen and oxygen atoms in total. The highest BCUT2D eigenvalue weighted by Crippen LogP contribution is 2.28. The SMILES string of the molecule is CC1CCCCCC1Nc1c(F)cccc1C(=O)O. The van der Waals surface area contributed by atoms with E-state index in [2.05, 4.69) is 12.2 Å². The quantitative estimate of drug-likeness (QED) is 0.815. The van der Waals surface area contributed by atoms with Crippen molar-refractivity contribution in [2.75, 3.05) is 5.32 Å². The lowest BCUT2D eigenvalue weighted by molar-refractivity contribution is 0.0697. The number of carboxylic acid groups (broad SMARTS) is 1. The van der Waals surface area contributed by atoms with Crippen LogP contribution in [0.15, 0.2) is 18.2 Å². The maximum absolute atomic E-state index is 13.9. The van der Waals surface area contributed by atoms with E-state index in [1.807, 2.05) is 0 Å². The second kappa shape index (κ2) is 6.04. The molecular weight excluding hydrogens is 245 g/mol. The van der Waals surface area contributed by atoms with Crippen LogP contribution < -0.4 is 5.32 Å². The van der Waals surface area contributed by atoms with Crippen molar-refractivity contribution in [3.8, 4) is 0 Å². The molecule has 0 saturated heterocycles. The van der Waals surface area contributed by atoms with Crippen molar-refractivity contribution in [2.45, 2.75) is 45.1 Å². The number of carboxylic acids is 1. The monoisotopic (exact) mass is 265 g/mol. The van der Waals surface area contributed by atoms with Crippen LogP contribution in [0.5, 0.6) is 0 Å². The molecule has 2 unspecified atom stereocenters. The second-order valence-electron chi connectivity index (χ2n) is 5.33. The topological polar surface area (TPSA) is 49.3 Å². The summed E-state index contributed by atoms with van der Waals surface area (Å²) >= 11 is 0. The van der Waals surface area contributed by atoms with Crippen molar-refractivity contribution in [2.24, 2.45) is 5.92 Å². The van der Waals surface area contributed by atoms with Crippen molar-refractivity contribution < 1.29 is 14.3 Å². The molecule has 2 N–H and O–H groups in total. The lowest BCUT2D eigenvalue weighted by atomic mass is 9.96. The standard InChI is InChI=1S/C15H20FNO2/c1-10-6-3-2-4-9-13(10)17-14-11(15(18)19)7-5-8-12(14)16/h5,7-8,10,13,17H,2-4,6,9H2,1H3,(H,18,19). The fourth-order valence-corrected chi connectivity index (χ4v) is 2.74. The van der Waals surface area contributed by atoms with Gasteiger partial charge in [-0.05, 0) is 30.9 Å². The van der Waals surface area contributed by atoms with E-state index in [1.54, 1.807) is 0 Å². The average Bonchev–Trinajstić information content (AvgIpc) is 2.57. The molecule has 0 heterocycles. The maximum atomic E-state index is 13.9. The molecule has 1 aromatic carbocycles. The number of aromatic carboxylic acids is 1. The van der Waals surface area contributed by atoms with Gasteiger partial charge in [0.25, 0.3) is 0 Å². The zero-order chi connectivity index (χ0) is 13.8. The Balaban J connectivity index is 2.24. The van der Waals surface area contributed by atoms with Gasteiger partial charge in [-0.25, -0.2) is 9.18 Å². The lowest BCUT2D eigenvalue weighted by Crippen LogP contribution is -2.27. The van der Waals surface area contributed by atoms with E-state index in [4.69, 9.17) is 5.11 Å². The van der Waals surface area contributed by atoms with Crippen LogP contribution in [0.25, 0.3) is 0 Å². The zero-order valence-corrected chi connectivity index (χ0v) is 11.2. The largest absolute Gasteiger partial charge is 0.478 e. The van der Waals surface area contributed by atoms with Gasteiger partial charge in [-0.3, -0.25) is 0 Å². The van der Waals surface area contributed by atoms with Gasteiger partial charge in [0.1, 0.15) is 5.82 Å². The highest BCUT2D eigenvalue weighted by molar-refractivity contribution is 5.94. The van der Waals surface area contributed by atoms with Gasteiger partial charge < -0.3 is 10.4 Å². The molecule has 1 aliphatic rings. The Morgan fingerprint density at radius 3 is 2.79 bits per heavy atom. The minimum atomic E-state index is -1.09. The minimum absolute atomic E-state index is 0.0106. The first-order chi connectivity index (χ1) is 9.09. The fourth-order valence-electron chi connectivity index (χ4n) is 2.74. The number of hydrogen-bond acceptors (Lipinski definition) is 2. The van der Waals surface area contributed by atoms with E-state index in [0.717, 1.165) is 19.3 Å². The number of nitrogens with one attached hydrogen (secondary N) is 1. The molecule has 1 aromatic rings. The lowest BCUT2D eigenvalue weighted by Gasteiger charge is -2.25. The highest BCUT2D eigenvalue weighted by atomic mass is 19.1. The third-order valence-electron chi connectivity index (χ3n) is 3.94. The molecule has 0 aliphatic heterocycles. The Kier molecular flexibility index (Phi) is 4.40.